The van der Waals surface area contributed by atoms with Gasteiger partial charge in [-0.2, -0.15) is 0 Å². The maximum absolute atomic E-state index is 12.9. The molecule has 1 amide bonds. The van der Waals surface area contributed by atoms with Gasteiger partial charge in [0.2, 0.25) is 0 Å². The minimum atomic E-state index is -0.860. The predicted molar refractivity (Wildman–Crippen MR) is 120 cm³/mol. The molecular weight excluding hydrogens is 414 g/mol. The summed E-state index contributed by atoms with van der Waals surface area (Å²) in [6.07, 6.45) is 7.06. The molecule has 1 atom stereocenters. The molecule has 1 unspecified atom stereocenters. The zero-order chi connectivity index (χ0) is 22.0. The second-order valence-electron chi connectivity index (χ2n) is 6.93. The van der Waals surface area contributed by atoms with Gasteiger partial charge >= 0.3 is 0 Å². The highest BCUT2D eigenvalue weighted by Crippen LogP contribution is 2.39. The number of amides is 1. The Morgan fingerprint density at radius 3 is 2.42 bits per heavy atom. The molecule has 9 heteroatoms. The van der Waals surface area contributed by atoms with Crippen LogP contribution in [0.2, 0.25) is 0 Å². The Morgan fingerprint density at radius 2 is 1.81 bits per heavy atom. The Labute approximate surface area is 183 Å². The zero-order valence-electron chi connectivity index (χ0n) is 17.5. The number of aromatic nitrogens is 3. The molecule has 0 saturated carbocycles. The normalized spacial score (nSPS) is 17.0. The third-order valence-corrected chi connectivity index (χ3v) is 5.84. The van der Waals surface area contributed by atoms with Crippen molar-refractivity contribution in [2.75, 3.05) is 19.5 Å². The molecule has 0 radical (unpaired) electrons. The van der Waals surface area contributed by atoms with Gasteiger partial charge in [0, 0.05) is 35.8 Å². The number of carbonyl (C=O) groups excluding carboxylic acids is 1. The molecule has 1 aliphatic rings. The van der Waals surface area contributed by atoms with E-state index in [1.165, 1.54) is 11.3 Å². The van der Waals surface area contributed by atoms with Crippen LogP contribution in [0.25, 0.3) is 0 Å². The molecule has 0 saturated heterocycles. The molecule has 1 aliphatic heterocycles. The second-order valence-corrected chi connectivity index (χ2v) is 7.96. The number of aryl methyl sites for hydroxylation is 2. The van der Waals surface area contributed by atoms with Crippen molar-refractivity contribution < 1.29 is 14.3 Å². The van der Waals surface area contributed by atoms with Crippen LogP contribution in [0.3, 0.4) is 0 Å². The molecule has 4 rings (SSSR count). The van der Waals surface area contributed by atoms with Crippen LogP contribution in [0.4, 0.5) is 5.69 Å². The van der Waals surface area contributed by atoms with Crippen LogP contribution in [-0.4, -0.2) is 41.3 Å². The summed E-state index contributed by atoms with van der Waals surface area (Å²) in [5.41, 5.74) is 1.27. The Kier molecular flexibility index (Phi) is 5.51. The average Bonchev–Trinajstić information content (AvgIpc) is 3.43. The lowest BCUT2D eigenvalue weighted by atomic mass is 9.96. The van der Waals surface area contributed by atoms with Crippen molar-refractivity contribution >= 4 is 29.1 Å². The van der Waals surface area contributed by atoms with Crippen LogP contribution in [0.15, 0.2) is 47.6 Å². The highest BCUT2D eigenvalue weighted by atomic mass is 32.1. The number of thiazole rings is 1. The molecule has 0 fully saturated rings. The quantitative estimate of drug-likeness (QED) is 0.634. The van der Waals surface area contributed by atoms with Crippen LogP contribution in [0.1, 0.15) is 31.9 Å². The summed E-state index contributed by atoms with van der Waals surface area (Å²) >= 11 is 1.27. The molecule has 3 aromatic rings. The Morgan fingerprint density at radius 1 is 1.06 bits per heavy atom. The maximum Gasteiger partial charge on any atom is 0.267 e. The van der Waals surface area contributed by atoms with Gasteiger partial charge in [0.05, 0.1) is 26.1 Å². The van der Waals surface area contributed by atoms with E-state index in [1.807, 2.05) is 32.1 Å². The third-order valence-electron chi connectivity index (χ3n) is 4.72. The zero-order valence-corrected chi connectivity index (χ0v) is 18.4. The SMILES string of the molecule is COc1cc(NC(=O)c2cnc(C3(c4cc(C)nc(C)n4)C=CC=N3)s2)cc(OC)c1. The van der Waals surface area contributed by atoms with Gasteiger partial charge < -0.3 is 14.8 Å². The number of allylic oxidation sites excluding steroid dienone is 1. The lowest BCUT2D eigenvalue weighted by Gasteiger charge is -2.21. The summed E-state index contributed by atoms with van der Waals surface area (Å²) in [6, 6.07) is 7.07. The number of benzene rings is 1. The van der Waals surface area contributed by atoms with Crippen molar-refractivity contribution in [3.8, 4) is 11.5 Å². The summed E-state index contributed by atoms with van der Waals surface area (Å²) in [6.45, 7) is 3.76. The van der Waals surface area contributed by atoms with Gasteiger partial charge in [0.1, 0.15) is 27.2 Å². The maximum atomic E-state index is 12.9. The number of aliphatic imine (C=N–C) groups is 1. The molecule has 3 heterocycles. The molecule has 0 aliphatic carbocycles. The monoisotopic (exact) mass is 435 g/mol. The van der Waals surface area contributed by atoms with Crippen molar-refractivity contribution in [2.45, 2.75) is 19.4 Å². The van der Waals surface area contributed by atoms with Crippen molar-refractivity contribution in [1.82, 2.24) is 15.0 Å². The molecule has 0 spiro atoms. The van der Waals surface area contributed by atoms with Crippen molar-refractivity contribution in [3.05, 3.63) is 69.7 Å². The topological polar surface area (TPSA) is 98.6 Å². The third kappa shape index (κ3) is 4.04. The average molecular weight is 436 g/mol. The van der Waals surface area contributed by atoms with Crippen molar-refractivity contribution in [3.63, 3.8) is 0 Å². The molecular formula is C22H21N5O3S. The summed E-state index contributed by atoms with van der Waals surface area (Å²) in [7, 11) is 3.11. The summed E-state index contributed by atoms with van der Waals surface area (Å²) < 4.78 is 10.5. The Balaban J connectivity index is 1.65. The standard InChI is InChI=1S/C22H21N5O3S/c1-13-8-19(26-14(2)25-13)22(6-5-7-24-22)21-23-12-18(31-21)20(28)27-15-9-16(29-3)11-17(10-15)30-4/h5-12H,1-4H3,(H,27,28). The van der Waals surface area contributed by atoms with E-state index in [4.69, 9.17) is 9.47 Å². The van der Waals surface area contributed by atoms with E-state index < -0.39 is 5.54 Å². The fraction of sp³-hybridized carbons (Fsp3) is 0.227. The van der Waals surface area contributed by atoms with Gasteiger partial charge in [0.15, 0.2) is 5.54 Å². The van der Waals surface area contributed by atoms with Gasteiger partial charge in [-0.25, -0.2) is 15.0 Å². The van der Waals surface area contributed by atoms with Crippen LogP contribution in [0.5, 0.6) is 11.5 Å². The molecule has 1 N–H and O–H groups in total. The van der Waals surface area contributed by atoms with Gasteiger partial charge in [-0.1, -0.05) is 0 Å². The summed E-state index contributed by atoms with van der Waals surface area (Å²) in [5, 5.41) is 3.53. The minimum Gasteiger partial charge on any atom is -0.497 e. The van der Waals surface area contributed by atoms with Crippen molar-refractivity contribution in [1.29, 1.82) is 0 Å². The van der Waals surface area contributed by atoms with Gasteiger partial charge in [0.25, 0.3) is 5.91 Å². The smallest absolute Gasteiger partial charge is 0.267 e. The number of ether oxygens (including phenoxy) is 2. The predicted octanol–water partition coefficient (Wildman–Crippen LogP) is 3.70. The minimum absolute atomic E-state index is 0.282. The number of methoxy groups -OCH3 is 2. The van der Waals surface area contributed by atoms with E-state index in [9.17, 15) is 4.79 Å². The van der Waals surface area contributed by atoms with Crippen molar-refractivity contribution in [2.24, 2.45) is 4.99 Å². The van der Waals surface area contributed by atoms with Gasteiger partial charge in [-0.15, -0.1) is 11.3 Å². The van der Waals surface area contributed by atoms with E-state index in [2.05, 4.69) is 25.3 Å². The lowest BCUT2D eigenvalue weighted by molar-refractivity contribution is 0.103. The molecule has 0 bridgehead atoms. The first-order chi connectivity index (χ1) is 14.9. The Hall–Kier alpha value is -3.59. The summed E-state index contributed by atoms with van der Waals surface area (Å²) in [5.74, 6) is 1.54. The van der Waals surface area contributed by atoms with Crippen LogP contribution >= 0.6 is 11.3 Å². The van der Waals surface area contributed by atoms with Crippen LogP contribution in [0, 0.1) is 13.8 Å². The number of nitrogens with zero attached hydrogens (tertiary/aromatic N) is 4. The first-order valence-electron chi connectivity index (χ1n) is 9.50. The number of hydrogen-bond donors (Lipinski definition) is 1. The van der Waals surface area contributed by atoms with Crippen LogP contribution in [-0.2, 0) is 5.54 Å². The van der Waals surface area contributed by atoms with Gasteiger partial charge in [-0.3, -0.25) is 9.79 Å². The lowest BCUT2D eigenvalue weighted by Crippen LogP contribution is -2.23. The number of anilines is 1. The molecule has 31 heavy (non-hydrogen) atoms. The highest BCUT2D eigenvalue weighted by Gasteiger charge is 2.38. The molecule has 1 aromatic carbocycles. The Bertz CT molecular complexity index is 1150. The van der Waals surface area contributed by atoms with E-state index in [0.717, 1.165) is 11.4 Å². The van der Waals surface area contributed by atoms with Crippen LogP contribution < -0.4 is 14.8 Å². The fourth-order valence-electron chi connectivity index (χ4n) is 3.31. The van der Waals surface area contributed by atoms with E-state index >= 15 is 0 Å². The van der Waals surface area contributed by atoms with E-state index in [0.29, 0.717) is 32.9 Å². The number of rotatable bonds is 6. The van der Waals surface area contributed by atoms with E-state index in [1.54, 1.807) is 44.8 Å². The number of hydrogen-bond acceptors (Lipinski definition) is 8. The van der Waals surface area contributed by atoms with Gasteiger partial charge in [-0.05, 0) is 32.1 Å². The molecule has 2 aromatic heterocycles. The second kappa shape index (κ2) is 8.27. The molecule has 158 valence electrons. The first-order valence-corrected chi connectivity index (χ1v) is 10.3. The van der Waals surface area contributed by atoms with E-state index in [-0.39, 0.29) is 5.91 Å². The fourth-order valence-corrected chi connectivity index (χ4v) is 4.26. The largest absolute Gasteiger partial charge is 0.497 e. The number of nitrogens with one attached hydrogen (secondary N) is 1. The first kappa shape index (κ1) is 20.7. The highest BCUT2D eigenvalue weighted by molar-refractivity contribution is 7.14. The summed E-state index contributed by atoms with van der Waals surface area (Å²) in [4.78, 5) is 31.4. The molecule has 8 nitrogen and oxygen atoms in total. The number of carbonyl (C=O) groups is 1.